The van der Waals surface area contributed by atoms with E-state index in [4.69, 9.17) is 5.73 Å². The summed E-state index contributed by atoms with van der Waals surface area (Å²) in [5.41, 5.74) is 4.50. The van der Waals surface area contributed by atoms with Crippen LogP contribution in [0.3, 0.4) is 0 Å². The zero-order valence-corrected chi connectivity index (χ0v) is 12.9. The van der Waals surface area contributed by atoms with Gasteiger partial charge in [-0.05, 0) is 40.2 Å². The Morgan fingerprint density at radius 2 is 2.05 bits per heavy atom. The number of nitrogens with one attached hydrogen (secondary N) is 1. The van der Waals surface area contributed by atoms with Crippen LogP contribution >= 0.6 is 27.3 Å². The number of hydrogen-bond acceptors (Lipinski definition) is 3. The number of thiophene rings is 1. The van der Waals surface area contributed by atoms with E-state index in [1.165, 1.54) is 11.3 Å². The summed E-state index contributed by atoms with van der Waals surface area (Å²) in [6.07, 6.45) is -4.51. The first kappa shape index (κ1) is 15.8. The SMILES string of the molecule is Nc1ccc(C(F)(F)F)cc1C(=O)NCc1cc(Br)cs1. The van der Waals surface area contributed by atoms with Gasteiger partial charge in [-0.15, -0.1) is 11.3 Å². The van der Waals surface area contributed by atoms with E-state index in [1.54, 1.807) is 0 Å². The van der Waals surface area contributed by atoms with E-state index < -0.39 is 17.6 Å². The normalized spacial score (nSPS) is 11.4. The third kappa shape index (κ3) is 3.98. The molecule has 0 radical (unpaired) electrons. The number of anilines is 1. The molecule has 8 heteroatoms. The van der Waals surface area contributed by atoms with Crippen LogP contribution in [-0.4, -0.2) is 5.91 Å². The highest BCUT2D eigenvalue weighted by Gasteiger charge is 2.31. The van der Waals surface area contributed by atoms with E-state index in [2.05, 4.69) is 21.2 Å². The topological polar surface area (TPSA) is 55.1 Å². The molecule has 3 N–H and O–H groups in total. The summed E-state index contributed by atoms with van der Waals surface area (Å²) in [6, 6.07) is 4.51. The first-order valence-electron chi connectivity index (χ1n) is 5.75. The minimum absolute atomic E-state index is 0.00728. The maximum absolute atomic E-state index is 12.6. The number of alkyl halides is 3. The Bertz CT molecular complexity index is 670. The summed E-state index contributed by atoms with van der Waals surface area (Å²) >= 11 is 4.71. The van der Waals surface area contributed by atoms with Gasteiger partial charge in [0.1, 0.15) is 0 Å². The van der Waals surface area contributed by atoms with E-state index in [-0.39, 0.29) is 17.8 Å². The molecule has 1 amide bonds. The molecule has 0 saturated carbocycles. The predicted octanol–water partition coefficient (Wildman–Crippen LogP) is 4.04. The summed E-state index contributed by atoms with van der Waals surface area (Å²) in [5.74, 6) is -0.636. The van der Waals surface area contributed by atoms with E-state index >= 15 is 0 Å². The summed E-state index contributed by atoms with van der Waals surface area (Å²) < 4.78 is 38.8. The first-order valence-corrected chi connectivity index (χ1v) is 7.42. The van der Waals surface area contributed by atoms with Crippen LogP contribution in [0.1, 0.15) is 20.8 Å². The van der Waals surface area contributed by atoms with Crippen LogP contribution in [0.5, 0.6) is 0 Å². The molecule has 1 aromatic heterocycles. The number of amides is 1. The smallest absolute Gasteiger partial charge is 0.398 e. The van der Waals surface area contributed by atoms with Crippen molar-refractivity contribution in [1.82, 2.24) is 5.32 Å². The molecule has 0 spiro atoms. The van der Waals surface area contributed by atoms with Crippen LogP contribution in [0, 0.1) is 0 Å². The summed E-state index contributed by atoms with van der Waals surface area (Å²) in [7, 11) is 0. The molecule has 0 atom stereocenters. The monoisotopic (exact) mass is 378 g/mol. The molecule has 0 fully saturated rings. The number of hydrogen-bond donors (Lipinski definition) is 2. The van der Waals surface area contributed by atoms with Crippen molar-refractivity contribution in [2.75, 3.05) is 5.73 Å². The Balaban J connectivity index is 2.15. The standard InChI is InChI=1S/C13H10BrF3N2OS/c14-8-4-9(21-6-8)5-19-12(20)10-3-7(13(15,16)17)1-2-11(10)18/h1-4,6H,5,18H2,(H,19,20). The molecule has 0 unspecified atom stereocenters. The van der Waals surface area contributed by atoms with Crippen molar-refractivity contribution in [1.29, 1.82) is 0 Å². The number of nitrogens with two attached hydrogens (primary N) is 1. The Kier molecular flexibility index (Phi) is 4.58. The Hall–Kier alpha value is -1.54. The number of rotatable bonds is 3. The average Bonchev–Trinajstić information content (AvgIpc) is 2.81. The van der Waals surface area contributed by atoms with Gasteiger partial charge in [-0.2, -0.15) is 13.2 Å². The third-order valence-corrected chi connectivity index (χ3v) is 4.37. The molecule has 2 aromatic rings. The van der Waals surface area contributed by atoms with Crippen molar-refractivity contribution in [3.8, 4) is 0 Å². The third-order valence-electron chi connectivity index (χ3n) is 2.67. The zero-order chi connectivity index (χ0) is 15.6. The number of carbonyl (C=O) groups is 1. The van der Waals surface area contributed by atoms with E-state index in [1.807, 2.05) is 11.4 Å². The number of nitrogen functional groups attached to an aromatic ring is 1. The maximum atomic E-state index is 12.6. The second kappa shape index (κ2) is 6.07. The van der Waals surface area contributed by atoms with Crippen LogP contribution in [0.2, 0.25) is 0 Å². The van der Waals surface area contributed by atoms with Crippen LogP contribution in [0.4, 0.5) is 18.9 Å². The maximum Gasteiger partial charge on any atom is 0.416 e. The minimum Gasteiger partial charge on any atom is -0.398 e. The molecule has 0 saturated heterocycles. The second-order valence-electron chi connectivity index (χ2n) is 4.21. The number of carbonyl (C=O) groups excluding carboxylic acids is 1. The van der Waals surface area contributed by atoms with Gasteiger partial charge < -0.3 is 11.1 Å². The summed E-state index contributed by atoms with van der Waals surface area (Å²) in [6.45, 7) is 0.227. The fraction of sp³-hybridized carbons (Fsp3) is 0.154. The van der Waals surface area contributed by atoms with Gasteiger partial charge in [-0.3, -0.25) is 4.79 Å². The lowest BCUT2D eigenvalue weighted by atomic mass is 10.1. The minimum atomic E-state index is -4.51. The van der Waals surface area contributed by atoms with Crippen molar-refractivity contribution in [2.24, 2.45) is 0 Å². The summed E-state index contributed by atoms with van der Waals surface area (Å²) in [5, 5.41) is 4.40. The lowest BCUT2D eigenvalue weighted by Crippen LogP contribution is -2.24. The molecular weight excluding hydrogens is 369 g/mol. The highest BCUT2D eigenvalue weighted by Crippen LogP contribution is 2.31. The van der Waals surface area contributed by atoms with Gasteiger partial charge in [0, 0.05) is 20.4 Å². The Morgan fingerprint density at radius 3 is 2.62 bits per heavy atom. The molecular formula is C13H10BrF3N2OS. The van der Waals surface area contributed by atoms with E-state index in [9.17, 15) is 18.0 Å². The highest BCUT2D eigenvalue weighted by molar-refractivity contribution is 9.10. The van der Waals surface area contributed by atoms with Crippen LogP contribution in [0.25, 0.3) is 0 Å². The number of benzene rings is 1. The average molecular weight is 379 g/mol. The predicted molar refractivity (Wildman–Crippen MR) is 79.0 cm³/mol. The second-order valence-corrected chi connectivity index (χ2v) is 6.13. The van der Waals surface area contributed by atoms with Gasteiger partial charge in [0.05, 0.1) is 17.7 Å². The fourth-order valence-electron chi connectivity index (χ4n) is 1.64. The highest BCUT2D eigenvalue weighted by atomic mass is 79.9. The van der Waals surface area contributed by atoms with Gasteiger partial charge in [-0.25, -0.2) is 0 Å². The molecule has 1 heterocycles. The lowest BCUT2D eigenvalue weighted by Gasteiger charge is -2.11. The molecule has 0 aliphatic rings. The zero-order valence-electron chi connectivity index (χ0n) is 10.5. The van der Waals surface area contributed by atoms with Crippen molar-refractivity contribution in [3.63, 3.8) is 0 Å². The Labute approximate surface area is 131 Å². The van der Waals surface area contributed by atoms with Crippen LogP contribution in [0.15, 0.2) is 34.1 Å². The largest absolute Gasteiger partial charge is 0.416 e. The fourth-order valence-corrected chi connectivity index (χ4v) is 3.03. The van der Waals surface area contributed by atoms with Crippen LogP contribution < -0.4 is 11.1 Å². The van der Waals surface area contributed by atoms with Gasteiger partial charge in [0.25, 0.3) is 5.91 Å². The molecule has 1 aromatic carbocycles. The van der Waals surface area contributed by atoms with E-state index in [0.717, 1.165) is 27.5 Å². The molecule has 112 valence electrons. The number of halogens is 4. The lowest BCUT2D eigenvalue weighted by molar-refractivity contribution is -0.137. The molecule has 3 nitrogen and oxygen atoms in total. The quantitative estimate of drug-likeness (QED) is 0.791. The molecule has 2 rings (SSSR count). The van der Waals surface area contributed by atoms with Gasteiger partial charge in [0.15, 0.2) is 0 Å². The first-order chi connectivity index (χ1) is 9.77. The molecule has 0 aliphatic carbocycles. The van der Waals surface area contributed by atoms with Crippen molar-refractivity contribution in [3.05, 3.63) is 50.1 Å². The Morgan fingerprint density at radius 1 is 1.33 bits per heavy atom. The molecule has 0 aliphatic heterocycles. The van der Waals surface area contributed by atoms with Crippen LogP contribution in [-0.2, 0) is 12.7 Å². The summed E-state index contributed by atoms with van der Waals surface area (Å²) in [4.78, 5) is 12.8. The molecule has 21 heavy (non-hydrogen) atoms. The van der Waals surface area contributed by atoms with Crippen molar-refractivity contribution >= 4 is 38.9 Å². The van der Waals surface area contributed by atoms with E-state index in [0.29, 0.717) is 0 Å². The molecule has 0 bridgehead atoms. The van der Waals surface area contributed by atoms with Gasteiger partial charge in [0.2, 0.25) is 0 Å². The van der Waals surface area contributed by atoms with Crippen molar-refractivity contribution in [2.45, 2.75) is 12.7 Å². The van der Waals surface area contributed by atoms with Gasteiger partial charge >= 0.3 is 6.18 Å². The van der Waals surface area contributed by atoms with Gasteiger partial charge in [-0.1, -0.05) is 0 Å². The van der Waals surface area contributed by atoms with Crippen molar-refractivity contribution < 1.29 is 18.0 Å².